The molecule has 0 amide bonds. The molecule has 1 aliphatic carbocycles. The minimum absolute atomic E-state index is 0.559. The van der Waals surface area contributed by atoms with E-state index in [9.17, 15) is 0 Å². The van der Waals surface area contributed by atoms with Gasteiger partial charge in [-0.15, -0.1) is 0 Å². The minimum Gasteiger partial charge on any atom is -0.330 e. The third-order valence-corrected chi connectivity index (χ3v) is 3.84. The monoisotopic (exact) mass is 249 g/mol. The average molecular weight is 249 g/mol. The first-order chi connectivity index (χ1) is 8.72. The molecular formula is C15H27N3. The summed E-state index contributed by atoms with van der Waals surface area (Å²) in [4.78, 5) is 4.62. The zero-order valence-electron chi connectivity index (χ0n) is 12.1. The fraction of sp³-hybridized carbons (Fsp3) is 0.800. The standard InChI is InChI=1S/C15H27N3/c1-4-7-13(10-16-12(2)3)18-11-17-14-8-5-6-9-15(14)18/h11-13,16H,4-10H2,1-3H3. The Kier molecular flexibility index (Phi) is 4.81. The molecule has 2 rings (SSSR count). The van der Waals surface area contributed by atoms with E-state index in [1.165, 1.54) is 49.9 Å². The maximum Gasteiger partial charge on any atom is 0.0954 e. The topological polar surface area (TPSA) is 29.9 Å². The molecule has 1 unspecified atom stereocenters. The van der Waals surface area contributed by atoms with Crippen molar-refractivity contribution in [2.24, 2.45) is 0 Å². The average Bonchev–Trinajstić information content (AvgIpc) is 2.78. The van der Waals surface area contributed by atoms with Gasteiger partial charge in [-0.05, 0) is 32.1 Å². The van der Waals surface area contributed by atoms with Crippen molar-refractivity contribution in [2.75, 3.05) is 6.54 Å². The van der Waals surface area contributed by atoms with Gasteiger partial charge in [-0.3, -0.25) is 0 Å². The number of rotatable bonds is 6. The lowest BCUT2D eigenvalue weighted by molar-refractivity contribution is 0.398. The van der Waals surface area contributed by atoms with Crippen molar-refractivity contribution in [3.63, 3.8) is 0 Å². The molecule has 3 heteroatoms. The molecule has 3 nitrogen and oxygen atoms in total. The van der Waals surface area contributed by atoms with Crippen molar-refractivity contribution in [3.8, 4) is 0 Å². The first-order valence-corrected chi connectivity index (χ1v) is 7.50. The minimum atomic E-state index is 0.559. The molecule has 0 bridgehead atoms. The number of hydrogen-bond acceptors (Lipinski definition) is 2. The largest absolute Gasteiger partial charge is 0.330 e. The van der Waals surface area contributed by atoms with Crippen molar-refractivity contribution in [1.29, 1.82) is 0 Å². The van der Waals surface area contributed by atoms with Crippen LogP contribution < -0.4 is 5.32 Å². The number of nitrogens with zero attached hydrogens (tertiary/aromatic N) is 2. The third-order valence-electron chi connectivity index (χ3n) is 3.84. The summed E-state index contributed by atoms with van der Waals surface area (Å²) in [5.74, 6) is 0. The zero-order chi connectivity index (χ0) is 13.0. The van der Waals surface area contributed by atoms with Crippen LogP contribution >= 0.6 is 0 Å². The second kappa shape index (κ2) is 6.37. The van der Waals surface area contributed by atoms with E-state index in [4.69, 9.17) is 0 Å². The van der Waals surface area contributed by atoms with E-state index in [1.807, 2.05) is 0 Å². The molecule has 0 aliphatic heterocycles. The molecule has 1 N–H and O–H groups in total. The van der Waals surface area contributed by atoms with E-state index in [2.05, 4.69) is 42.0 Å². The van der Waals surface area contributed by atoms with E-state index in [0.29, 0.717) is 12.1 Å². The van der Waals surface area contributed by atoms with Gasteiger partial charge in [-0.25, -0.2) is 4.98 Å². The van der Waals surface area contributed by atoms with Crippen LogP contribution in [0.2, 0.25) is 0 Å². The van der Waals surface area contributed by atoms with Crippen LogP contribution in [-0.2, 0) is 12.8 Å². The Morgan fingerprint density at radius 2 is 2.11 bits per heavy atom. The fourth-order valence-corrected chi connectivity index (χ4v) is 2.85. The summed E-state index contributed by atoms with van der Waals surface area (Å²) in [6.07, 6.45) is 9.59. The molecule has 18 heavy (non-hydrogen) atoms. The summed E-state index contributed by atoms with van der Waals surface area (Å²) in [6.45, 7) is 7.76. The molecule has 1 heterocycles. The molecule has 0 saturated heterocycles. The summed E-state index contributed by atoms with van der Waals surface area (Å²) in [6, 6.07) is 1.13. The normalized spacial score (nSPS) is 16.9. The molecule has 0 spiro atoms. The molecule has 1 aromatic rings. The van der Waals surface area contributed by atoms with Gasteiger partial charge >= 0.3 is 0 Å². The highest BCUT2D eigenvalue weighted by Gasteiger charge is 2.20. The quantitative estimate of drug-likeness (QED) is 0.839. The lowest BCUT2D eigenvalue weighted by Crippen LogP contribution is -2.31. The molecule has 0 aromatic carbocycles. The van der Waals surface area contributed by atoms with Gasteiger partial charge in [0, 0.05) is 24.3 Å². The van der Waals surface area contributed by atoms with Crippen LogP contribution in [0.4, 0.5) is 0 Å². The zero-order valence-corrected chi connectivity index (χ0v) is 12.1. The smallest absolute Gasteiger partial charge is 0.0954 e. The number of aromatic nitrogens is 2. The van der Waals surface area contributed by atoms with E-state index in [1.54, 1.807) is 0 Å². The lowest BCUT2D eigenvalue weighted by atomic mass is 10.00. The van der Waals surface area contributed by atoms with Crippen molar-refractivity contribution in [1.82, 2.24) is 14.9 Å². The Labute approximate surface area is 111 Å². The van der Waals surface area contributed by atoms with Crippen LogP contribution in [0.3, 0.4) is 0 Å². The molecule has 1 atom stereocenters. The predicted octanol–water partition coefficient (Wildman–Crippen LogP) is 3.10. The van der Waals surface area contributed by atoms with E-state index in [-0.39, 0.29) is 0 Å². The number of nitrogens with one attached hydrogen (secondary N) is 1. The Balaban J connectivity index is 2.11. The fourth-order valence-electron chi connectivity index (χ4n) is 2.85. The van der Waals surface area contributed by atoms with E-state index < -0.39 is 0 Å². The second-order valence-corrected chi connectivity index (χ2v) is 5.76. The summed E-state index contributed by atoms with van der Waals surface area (Å²) >= 11 is 0. The Hall–Kier alpha value is -0.830. The molecule has 0 radical (unpaired) electrons. The van der Waals surface area contributed by atoms with Crippen LogP contribution in [0, 0.1) is 0 Å². The van der Waals surface area contributed by atoms with Crippen LogP contribution in [0.15, 0.2) is 6.33 Å². The van der Waals surface area contributed by atoms with Crippen LogP contribution in [0.5, 0.6) is 0 Å². The molecule has 1 aromatic heterocycles. The molecular weight excluding hydrogens is 222 g/mol. The van der Waals surface area contributed by atoms with Gasteiger partial charge in [0.2, 0.25) is 0 Å². The predicted molar refractivity (Wildman–Crippen MR) is 76.0 cm³/mol. The van der Waals surface area contributed by atoms with E-state index >= 15 is 0 Å². The second-order valence-electron chi connectivity index (χ2n) is 5.76. The highest BCUT2D eigenvalue weighted by atomic mass is 15.1. The van der Waals surface area contributed by atoms with Crippen molar-refractivity contribution in [3.05, 3.63) is 17.7 Å². The van der Waals surface area contributed by atoms with Gasteiger partial charge in [0.1, 0.15) is 0 Å². The number of hydrogen-bond donors (Lipinski definition) is 1. The summed E-state index contributed by atoms with van der Waals surface area (Å²) in [7, 11) is 0. The summed E-state index contributed by atoms with van der Waals surface area (Å²) in [5.41, 5.74) is 2.86. The van der Waals surface area contributed by atoms with Crippen molar-refractivity contribution in [2.45, 2.75) is 71.4 Å². The van der Waals surface area contributed by atoms with Crippen LogP contribution in [0.1, 0.15) is 63.9 Å². The maximum absolute atomic E-state index is 4.62. The van der Waals surface area contributed by atoms with Crippen LogP contribution in [0.25, 0.3) is 0 Å². The summed E-state index contributed by atoms with van der Waals surface area (Å²) in [5, 5.41) is 3.58. The summed E-state index contributed by atoms with van der Waals surface area (Å²) < 4.78 is 2.45. The van der Waals surface area contributed by atoms with Crippen LogP contribution in [-0.4, -0.2) is 22.1 Å². The van der Waals surface area contributed by atoms with Gasteiger partial charge < -0.3 is 9.88 Å². The van der Waals surface area contributed by atoms with E-state index in [0.717, 1.165) is 6.54 Å². The maximum atomic E-state index is 4.62. The molecule has 102 valence electrons. The number of imidazole rings is 1. The lowest BCUT2D eigenvalue weighted by Gasteiger charge is -2.24. The van der Waals surface area contributed by atoms with Gasteiger partial charge in [0.15, 0.2) is 0 Å². The first-order valence-electron chi connectivity index (χ1n) is 7.50. The van der Waals surface area contributed by atoms with Gasteiger partial charge in [-0.2, -0.15) is 0 Å². The molecule has 1 aliphatic rings. The molecule has 0 fully saturated rings. The van der Waals surface area contributed by atoms with Crippen molar-refractivity contribution < 1.29 is 0 Å². The Morgan fingerprint density at radius 1 is 1.33 bits per heavy atom. The highest BCUT2D eigenvalue weighted by molar-refractivity contribution is 5.17. The number of aryl methyl sites for hydroxylation is 1. The Morgan fingerprint density at radius 3 is 2.83 bits per heavy atom. The SMILES string of the molecule is CCCC(CNC(C)C)n1cnc2c1CCCC2. The first kappa shape index (κ1) is 13.6. The third kappa shape index (κ3) is 3.14. The van der Waals surface area contributed by atoms with Gasteiger partial charge in [0.05, 0.1) is 12.0 Å². The van der Waals surface area contributed by atoms with Crippen molar-refractivity contribution >= 4 is 0 Å². The number of fused-ring (bicyclic) bond motifs is 1. The van der Waals surface area contributed by atoms with Gasteiger partial charge in [0.25, 0.3) is 0 Å². The van der Waals surface area contributed by atoms with Gasteiger partial charge in [-0.1, -0.05) is 27.2 Å². The highest BCUT2D eigenvalue weighted by Crippen LogP contribution is 2.24. The Bertz CT molecular complexity index is 368. The molecule has 0 saturated carbocycles.